The molecule has 0 bridgehead atoms. The smallest absolute Gasteiger partial charge is 0.0907 e. The van der Waals surface area contributed by atoms with E-state index in [4.69, 9.17) is 5.73 Å². The van der Waals surface area contributed by atoms with Gasteiger partial charge >= 0.3 is 0 Å². The Bertz CT molecular complexity index is 575. The van der Waals surface area contributed by atoms with Crippen molar-refractivity contribution >= 4 is 32.9 Å². The van der Waals surface area contributed by atoms with Gasteiger partial charge in [-0.3, -0.25) is 0 Å². The van der Waals surface area contributed by atoms with E-state index in [0.29, 0.717) is 5.92 Å². The molecule has 18 heavy (non-hydrogen) atoms. The lowest BCUT2D eigenvalue weighted by Gasteiger charge is -2.31. The Morgan fingerprint density at radius 1 is 1.50 bits per heavy atom. The molecule has 0 unspecified atom stereocenters. The van der Waals surface area contributed by atoms with Crippen LogP contribution in [0.25, 0.3) is 10.2 Å². The molecule has 0 aliphatic heterocycles. The van der Waals surface area contributed by atoms with Crippen LogP contribution in [0.4, 0.5) is 11.4 Å². The SMILES string of the molecule is Cc1nc2cc(NCC3CC(O)C3)c(N)cc2s1. The Hall–Kier alpha value is -1.33. The number of aliphatic hydroxyl groups is 1. The third-order valence-corrected chi connectivity index (χ3v) is 4.39. The first-order valence-electron chi connectivity index (χ1n) is 6.20. The third-order valence-electron chi connectivity index (χ3n) is 3.46. The summed E-state index contributed by atoms with van der Waals surface area (Å²) in [6, 6.07) is 4.00. The van der Waals surface area contributed by atoms with Crippen LogP contribution >= 0.6 is 11.3 Å². The van der Waals surface area contributed by atoms with Crippen LogP contribution in [0.5, 0.6) is 0 Å². The molecule has 0 saturated heterocycles. The van der Waals surface area contributed by atoms with Crippen LogP contribution in [0, 0.1) is 12.8 Å². The number of hydrogen-bond donors (Lipinski definition) is 3. The molecule has 0 atom stereocenters. The van der Waals surface area contributed by atoms with E-state index in [1.54, 1.807) is 11.3 Å². The van der Waals surface area contributed by atoms with Crippen LogP contribution in [0.1, 0.15) is 17.8 Å². The average Bonchev–Trinajstić information content (AvgIpc) is 2.62. The number of nitrogens with zero attached hydrogens (tertiary/aromatic N) is 1. The number of nitrogens with two attached hydrogens (primary N) is 1. The summed E-state index contributed by atoms with van der Waals surface area (Å²) in [5.74, 6) is 0.562. The van der Waals surface area contributed by atoms with E-state index < -0.39 is 0 Å². The summed E-state index contributed by atoms with van der Waals surface area (Å²) in [5.41, 5.74) is 8.76. The van der Waals surface area contributed by atoms with Gasteiger partial charge in [-0.25, -0.2) is 4.98 Å². The van der Waals surface area contributed by atoms with Crippen molar-refractivity contribution in [2.45, 2.75) is 25.9 Å². The van der Waals surface area contributed by atoms with Gasteiger partial charge in [-0.15, -0.1) is 11.3 Å². The fraction of sp³-hybridized carbons (Fsp3) is 0.462. The van der Waals surface area contributed by atoms with E-state index in [1.165, 1.54) is 0 Å². The summed E-state index contributed by atoms with van der Waals surface area (Å²) in [6.07, 6.45) is 1.69. The molecule has 1 fully saturated rings. The molecule has 3 rings (SSSR count). The van der Waals surface area contributed by atoms with E-state index in [1.807, 2.05) is 19.1 Å². The van der Waals surface area contributed by atoms with Crippen LogP contribution < -0.4 is 11.1 Å². The fourth-order valence-electron chi connectivity index (χ4n) is 2.38. The molecular weight excluding hydrogens is 246 g/mol. The number of aliphatic hydroxyl groups excluding tert-OH is 1. The van der Waals surface area contributed by atoms with Crippen molar-refractivity contribution < 1.29 is 5.11 Å². The number of aromatic nitrogens is 1. The predicted octanol–water partition coefficient (Wildman–Crippen LogP) is 2.37. The van der Waals surface area contributed by atoms with Crippen molar-refractivity contribution in [1.29, 1.82) is 0 Å². The van der Waals surface area contributed by atoms with Crippen molar-refractivity contribution in [2.75, 3.05) is 17.6 Å². The molecule has 4 nitrogen and oxygen atoms in total. The first-order chi connectivity index (χ1) is 8.61. The number of thiazole rings is 1. The van der Waals surface area contributed by atoms with Gasteiger partial charge in [0.25, 0.3) is 0 Å². The zero-order valence-electron chi connectivity index (χ0n) is 10.3. The van der Waals surface area contributed by atoms with Crippen LogP contribution in [-0.2, 0) is 0 Å². The monoisotopic (exact) mass is 263 g/mol. The maximum Gasteiger partial charge on any atom is 0.0907 e. The molecular formula is C13H17N3OS. The van der Waals surface area contributed by atoms with Crippen LogP contribution in [-0.4, -0.2) is 22.7 Å². The van der Waals surface area contributed by atoms with Gasteiger partial charge in [-0.2, -0.15) is 0 Å². The highest BCUT2D eigenvalue weighted by atomic mass is 32.1. The summed E-state index contributed by atoms with van der Waals surface area (Å²) in [6.45, 7) is 2.87. The highest BCUT2D eigenvalue weighted by Gasteiger charge is 2.26. The Morgan fingerprint density at radius 2 is 2.28 bits per heavy atom. The van der Waals surface area contributed by atoms with Crippen LogP contribution in [0.2, 0.25) is 0 Å². The molecule has 1 aromatic carbocycles. The molecule has 5 heteroatoms. The third kappa shape index (κ3) is 2.15. The van der Waals surface area contributed by atoms with Gasteiger partial charge in [-0.1, -0.05) is 0 Å². The normalized spacial score (nSPS) is 23.0. The molecule has 1 aliphatic rings. The number of rotatable bonds is 3. The minimum Gasteiger partial charge on any atom is -0.397 e. The van der Waals surface area contributed by atoms with E-state index in [9.17, 15) is 5.11 Å². The maximum absolute atomic E-state index is 9.25. The van der Waals surface area contributed by atoms with E-state index in [0.717, 1.165) is 46.0 Å². The van der Waals surface area contributed by atoms with Crippen molar-refractivity contribution in [3.8, 4) is 0 Å². The highest BCUT2D eigenvalue weighted by molar-refractivity contribution is 7.18. The Labute approximate surface area is 110 Å². The number of anilines is 2. The van der Waals surface area contributed by atoms with Gasteiger partial charge in [-0.05, 0) is 37.8 Å². The summed E-state index contributed by atoms with van der Waals surface area (Å²) >= 11 is 1.66. The fourth-order valence-corrected chi connectivity index (χ4v) is 3.24. The number of benzene rings is 1. The molecule has 4 N–H and O–H groups in total. The van der Waals surface area contributed by atoms with Crippen LogP contribution in [0.3, 0.4) is 0 Å². The molecule has 1 saturated carbocycles. The number of nitrogens with one attached hydrogen (secondary N) is 1. The first-order valence-corrected chi connectivity index (χ1v) is 7.02. The van der Waals surface area contributed by atoms with Gasteiger partial charge in [0, 0.05) is 6.54 Å². The predicted molar refractivity (Wildman–Crippen MR) is 76.0 cm³/mol. The quantitative estimate of drug-likeness (QED) is 0.743. The Kier molecular flexibility index (Phi) is 2.87. The van der Waals surface area contributed by atoms with Crippen molar-refractivity contribution in [1.82, 2.24) is 4.98 Å². The standard InChI is InChI=1S/C13H17N3OS/c1-7-16-12-5-11(10(14)4-13(12)18-7)15-6-8-2-9(17)3-8/h4-5,8-9,15,17H,2-3,6,14H2,1H3. The Balaban J connectivity index is 1.76. The lowest BCUT2D eigenvalue weighted by atomic mass is 9.82. The summed E-state index contributed by atoms with van der Waals surface area (Å²) in [5, 5.41) is 13.7. The summed E-state index contributed by atoms with van der Waals surface area (Å²) in [4.78, 5) is 4.47. The topological polar surface area (TPSA) is 71.2 Å². The molecule has 1 heterocycles. The zero-order valence-corrected chi connectivity index (χ0v) is 11.1. The van der Waals surface area contributed by atoms with Gasteiger partial charge in [0.15, 0.2) is 0 Å². The van der Waals surface area contributed by atoms with Gasteiger partial charge < -0.3 is 16.2 Å². The molecule has 1 aliphatic carbocycles. The lowest BCUT2D eigenvalue weighted by Crippen LogP contribution is -2.33. The molecule has 2 aromatic rings. The number of nitrogen functional groups attached to an aromatic ring is 1. The second kappa shape index (κ2) is 4.40. The molecule has 96 valence electrons. The molecule has 1 aromatic heterocycles. The van der Waals surface area contributed by atoms with Crippen LogP contribution in [0.15, 0.2) is 12.1 Å². The Morgan fingerprint density at radius 3 is 3.00 bits per heavy atom. The van der Waals surface area contributed by atoms with E-state index in [2.05, 4.69) is 10.3 Å². The summed E-state index contributed by atoms with van der Waals surface area (Å²) in [7, 11) is 0. The minimum atomic E-state index is -0.0992. The summed E-state index contributed by atoms with van der Waals surface area (Å²) < 4.78 is 1.13. The second-order valence-corrected chi connectivity index (χ2v) is 6.25. The lowest BCUT2D eigenvalue weighted by molar-refractivity contribution is 0.0487. The average molecular weight is 263 g/mol. The first kappa shape index (κ1) is 11.7. The maximum atomic E-state index is 9.25. The zero-order chi connectivity index (χ0) is 12.7. The number of fused-ring (bicyclic) bond motifs is 1. The van der Waals surface area contributed by atoms with Crippen molar-refractivity contribution in [3.63, 3.8) is 0 Å². The molecule has 0 amide bonds. The van der Waals surface area contributed by atoms with Gasteiger partial charge in [0.05, 0.1) is 32.7 Å². The minimum absolute atomic E-state index is 0.0992. The molecule has 0 radical (unpaired) electrons. The molecule has 0 spiro atoms. The number of hydrogen-bond acceptors (Lipinski definition) is 5. The van der Waals surface area contributed by atoms with E-state index >= 15 is 0 Å². The van der Waals surface area contributed by atoms with Gasteiger partial charge in [0.2, 0.25) is 0 Å². The largest absolute Gasteiger partial charge is 0.397 e. The van der Waals surface area contributed by atoms with Crippen molar-refractivity contribution in [3.05, 3.63) is 17.1 Å². The van der Waals surface area contributed by atoms with E-state index in [-0.39, 0.29) is 6.10 Å². The van der Waals surface area contributed by atoms with Crippen molar-refractivity contribution in [2.24, 2.45) is 5.92 Å². The number of aryl methyl sites for hydroxylation is 1. The van der Waals surface area contributed by atoms with Gasteiger partial charge in [0.1, 0.15) is 0 Å². The second-order valence-electron chi connectivity index (χ2n) is 5.01. The highest BCUT2D eigenvalue weighted by Crippen LogP contribution is 2.31.